The second-order valence-electron chi connectivity index (χ2n) is 8.19. The number of likely N-dealkylation sites (tertiary alicyclic amines) is 1. The second kappa shape index (κ2) is 6.80. The summed E-state index contributed by atoms with van der Waals surface area (Å²) in [6.07, 6.45) is 10.4. The molecule has 0 aromatic heterocycles. The highest BCUT2D eigenvalue weighted by atomic mass is 79.9. The predicted octanol–water partition coefficient (Wildman–Crippen LogP) is 4.39. The lowest BCUT2D eigenvalue weighted by Gasteiger charge is -2.33. The maximum atomic E-state index is 13.9. The van der Waals surface area contributed by atoms with E-state index in [9.17, 15) is 13.8 Å². The monoisotopic (exact) mass is 505 g/mol. The van der Waals surface area contributed by atoms with Crippen molar-refractivity contribution in [2.45, 2.75) is 73.7 Å². The van der Waals surface area contributed by atoms with E-state index in [2.05, 4.69) is 31.9 Å². The van der Waals surface area contributed by atoms with E-state index in [1.54, 1.807) is 7.05 Å². The van der Waals surface area contributed by atoms with E-state index in [-0.39, 0.29) is 11.8 Å². The Hall–Kier alpha value is -0.0100. The third-order valence-electron chi connectivity index (χ3n) is 6.98. The highest BCUT2D eigenvalue weighted by molar-refractivity contribution is 9.14. The van der Waals surface area contributed by atoms with Gasteiger partial charge in [0.25, 0.3) is 0 Å². The van der Waals surface area contributed by atoms with Crippen LogP contribution in [0.25, 0.3) is 0 Å². The van der Waals surface area contributed by atoms with Crippen molar-refractivity contribution in [2.24, 2.45) is 11.8 Å². The Balaban J connectivity index is 1.86. The summed E-state index contributed by atoms with van der Waals surface area (Å²) in [5, 5.41) is 0. The highest BCUT2D eigenvalue weighted by Crippen LogP contribution is 2.70. The standard InChI is InChI=1S/C19H25Br2NO3S/c1-22-16(23)12-13(17(22)24)19-11-9-7-5-3-2-4-6-8-10-18(12,26(19)25)14(20)15(19)21/h12-13H,2-11H2,1H3/t12-,13+,18-,19+,26?. The van der Waals surface area contributed by atoms with Gasteiger partial charge in [0, 0.05) is 26.8 Å². The molecule has 3 saturated heterocycles. The lowest BCUT2D eigenvalue weighted by atomic mass is 9.69. The molecule has 1 unspecified atom stereocenters. The molecule has 0 saturated carbocycles. The number of carbonyl (C=O) groups is 2. The second-order valence-corrected chi connectivity index (χ2v) is 11.8. The van der Waals surface area contributed by atoms with Gasteiger partial charge < -0.3 is 0 Å². The highest BCUT2D eigenvalue weighted by Gasteiger charge is 2.79. The van der Waals surface area contributed by atoms with Gasteiger partial charge >= 0.3 is 0 Å². The number of nitrogens with zero attached hydrogens (tertiary/aromatic N) is 1. The first-order valence-corrected chi connectivity index (χ1v) is 12.4. The minimum atomic E-state index is -1.27. The number of imide groups is 1. The van der Waals surface area contributed by atoms with E-state index >= 15 is 0 Å². The van der Waals surface area contributed by atoms with E-state index in [1.807, 2.05) is 0 Å². The molecule has 26 heavy (non-hydrogen) atoms. The average Bonchev–Trinajstić information content (AvgIpc) is 3.06. The maximum Gasteiger partial charge on any atom is 0.234 e. The molecule has 4 rings (SSSR count). The first-order chi connectivity index (χ1) is 12.4. The van der Waals surface area contributed by atoms with Gasteiger partial charge in [-0.05, 0) is 12.8 Å². The molecular formula is C19H25Br2NO3S. The molecule has 3 fully saturated rings. The fourth-order valence-electron chi connectivity index (χ4n) is 5.66. The van der Waals surface area contributed by atoms with Gasteiger partial charge in [0.1, 0.15) is 0 Å². The molecule has 4 aliphatic rings. The Morgan fingerprint density at radius 2 is 1.15 bits per heavy atom. The van der Waals surface area contributed by atoms with Gasteiger partial charge in [0.2, 0.25) is 11.8 Å². The molecule has 144 valence electrons. The number of fused-ring (bicyclic) bond motifs is 1. The van der Waals surface area contributed by atoms with Crippen LogP contribution in [0, 0.1) is 11.8 Å². The van der Waals surface area contributed by atoms with Crippen LogP contribution in [0.2, 0.25) is 0 Å². The fraction of sp³-hybridized carbons (Fsp3) is 0.789. The van der Waals surface area contributed by atoms with Gasteiger partial charge in [0.05, 0.1) is 21.3 Å². The summed E-state index contributed by atoms with van der Waals surface area (Å²) in [4.78, 5) is 27.3. The summed E-state index contributed by atoms with van der Waals surface area (Å²) in [6.45, 7) is 0. The normalized spacial score (nSPS) is 44.0. The van der Waals surface area contributed by atoms with E-state index in [0.717, 1.165) is 34.6 Å². The first-order valence-electron chi connectivity index (χ1n) is 9.70. The quantitative estimate of drug-likeness (QED) is 0.458. The molecule has 7 heteroatoms. The van der Waals surface area contributed by atoms with Crippen molar-refractivity contribution in [1.82, 2.24) is 4.90 Å². The van der Waals surface area contributed by atoms with Crippen molar-refractivity contribution < 1.29 is 13.8 Å². The van der Waals surface area contributed by atoms with Crippen LogP contribution in [-0.2, 0) is 20.4 Å². The molecule has 0 radical (unpaired) electrons. The summed E-state index contributed by atoms with van der Waals surface area (Å²) in [5.74, 6) is -1.22. The van der Waals surface area contributed by atoms with Gasteiger partial charge in [-0.3, -0.25) is 18.7 Å². The van der Waals surface area contributed by atoms with Crippen LogP contribution in [0.4, 0.5) is 0 Å². The summed E-state index contributed by atoms with van der Waals surface area (Å²) in [6, 6.07) is 0. The fourth-order valence-corrected chi connectivity index (χ4v) is 11.2. The molecule has 0 aromatic rings. The summed E-state index contributed by atoms with van der Waals surface area (Å²) in [7, 11) is 0.320. The Morgan fingerprint density at radius 3 is 1.54 bits per heavy atom. The summed E-state index contributed by atoms with van der Waals surface area (Å²) < 4.78 is 14.3. The van der Waals surface area contributed by atoms with Crippen LogP contribution >= 0.6 is 31.9 Å². The van der Waals surface area contributed by atoms with E-state index in [4.69, 9.17) is 0 Å². The molecule has 4 nitrogen and oxygen atoms in total. The Kier molecular flexibility index (Phi) is 5.05. The molecule has 0 aliphatic carbocycles. The number of carbonyl (C=O) groups excluding carboxylic acids is 2. The summed E-state index contributed by atoms with van der Waals surface area (Å²) in [5.41, 5.74) is 0. The van der Waals surface area contributed by atoms with Crippen molar-refractivity contribution in [3.63, 3.8) is 0 Å². The van der Waals surface area contributed by atoms with Crippen LogP contribution in [-0.4, -0.2) is 37.5 Å². The molecule has 0 aromatic carbocycles. The smallest absolute Gasteiger partial charge is 0.234 e. The minimum Gasteiger partial charge on any atom is -0.285 e. The molecular weight excluding hydrogens is 482 g/mol. The van der Waals surface area contributed by atoms with Crippen LogP contribution in [0.15, 0.2) is 8.96 Å². The van der Waals surface area contributed by atoms with Gasteiger partial charge in [-0.2, -0.15) is 0 Å². The van der Waals surface area contributed by atoms with Crippen molar-refractivity contribution in [2.75, 3.05) is 7.05 Å². The average molecular weight is 507 g/mol. The van der Waals surface area contributed by atoms with E-state index in [1.165, 1.54) is 30.6 Å². The summed E-state index contributed by atoms with van der Waals surface area (Å²) >= 11 is 7.46. The Morgan fingerprint density at radius 1 is 0.808 bits per heavy atom. The van der Waals surface area contributed by atoms with Gasteiger partial charge in [-0.15, -0.1) is 0 Å². The van der Waals surface area contributed by atoms with Crippen LogP contribution in [0.1, 0.15) is 64.2 Å². The molecule has 2 bridgehead atoms. The third kappa shape index (κ3) is 2.25. The zero-order valence-corrected chi connectivity index (χ0v) is 19.1. The molecule has 4 heterocycles. The van der Waals surface area contributed by atoms with Crippen molar-refractivity contribution in [1.29, 1.82) is 0 Å². The lowest BCUT2D eigenvalue weighted by Crippen LogP contribution is -2.42. The van der Waals surface area contributed by atoms with E-state index < -0.39 is 32.1 Å². The third-order valence-corrected chi connectivity index (χ3v) is 12.9. The molecule has 5 atom stereocenters. The van der Waals surface area contributed by atoms with Crippen LogP contribution in [0.5, 0.6) is 0 Å². The van der Waals surface area contributed by atoms with E-state index in [0.29, 0.717) is 12.8 Å². The zero-order chi connectivity index (χ0) is 18.7. The lowest BCUT2D eigenvalue weighted by molar-refractivity contribution is -0.138. The number of halogens is 2. The van der Waals surface area contributed by atoms with Gasteiger partial charge in [-0.25, -0.2) is 0 Å². The molecule has 4 aliphatic heterocycles. The predicted molar refractivity (Wildman–Crippen MR) is 109 cm³/mol. The number of rotatable bonds is 0. The number of hydrogen-bond donors (Lipinski definition) is 0. The van der Waals surface area contributed by atoms with Crippen LogP contribution in [0.3, 0.4) is 0 Å². The number of amides is 2. The topological polar surface area (TPSA) is 54.5 Å². The number of hydrogen-bond acceptors (Lipinski definition) is 3. The van der Waals surface area contributed by atoms with Gasteiger partial charge in [-0.1, -0.05) is 83.2 Å². The van der Waals surface area contributed by atoms with Crippen LogP contribution < -0.4 is 0 Å². The van der Waals surface area contributed by atoms with Crippen molar-refractivity contribution >= 4 is 54.5 Å². The van der Waals surface area contributed by atoms with Gasteiger partial charge in [0.15, 0.2) is 0 Å². The SMILES string of the molecule is CN1C(=O)[C@@H]2[C@H](C1=O)[C@]13CCCCCCCCCC[C@]2(C(Br)=C1Br)S3=O. The zero-order valence-electron chi connectivity index (χ0n) is 15.1. The first kappa shape index (κ1) is 19.3. The minimum absolute atomic E-state index is 0.140. The van der Waals surface area contributed by atoms with Crippen molar-refractivity contribution in [3.05, 3.63) is 8.96 Å². The largest absolute Gasteiger partial charge is 0.285 e. The molecule has 0 N–H and O–H groups in total. The molecule has 0 spiro atoms. The Bertz CT molecular complexity index is 668. The maximum absolute atomic E-state index is 13.9. The van der Waals surface area contributed by atoms with Crippen molar-refractivity contribution in [3.8, 4) is 0 Å². The molecule has 2 amide bonds. The Labute approximate surface area is 174 Å².